The molecule has 0 spiro atoms. The first-order chi connectivity index (χ1) is 2.94. The molecular weight excluding hydrogens is 177 g/mol. The predicted octanol–water partition coefficient (Wildman–Crippen LogP) is -1.15. The van der Waals surface area contributed by atoms with Gasteiger partial charge in [-0.2, -0.15) is 0 Å². The van der Waals surface area contributed by atoms with Crippen molar-refractivity contribution in [2.24, 2.45) is 0 Å². The quantitative estimate of drug-likeness (QED) is 0.413. The standard InChI is InChI=1S/C2H7GeO3S/c1-2(3)7(4,5)6/h2H,3H2,1H3,(H,4,5,6). The van der Waals surface area contributed by atoms with Crippen molar-refractivity contribution in [1.82, 2.24) is 0 Å². The molecule has 7 heavy (non-hydrogen) atoms. The van der Waals surface area contributed by atoms with E-state index >= 15 is 0 Å². The molecule has 0 bridgehead atoms. The molecule has 3 nitrogen and oxygen atoms in total. The molecule has 1 radical (unpaired) electrons. The van der Waals surface area contributed by atoms with E-state index in [9.17, 15) is 8.42 Å². The SMILES string of the molecule is C[CH]([GeH2])S(=O)(=O)O. The minimum atomic E-state index is -3.69. The van der Waals surface area contributed by atoms with Crippen LogP contribution in [0.5, 0.6) is 0 Å². The Morgan fingerprint density at radius 3 is 1.86 bits per heavy atom. The van der Waals surface area contributed by atoms with Crippen molar-refractivity contribution < 1.29 is 13.0 Å². The molecule has 0 amide bonds. The van der Waals surface area contributed by atoms with Crippen molar-refractivity contribution in [2.75, 3.05) is 0 Å². The minimum absolute atomic E-state index is 0.549. The molecule has 0 aromatic carbocycles. The fourth-order valence-corrected chi connectivity index (χ4v) is 0. The predicted molar refractivity (Wildman–Crippen MR) is 29.6 cm³/mol. The van der Waals surface area contributed by atoms with Gasteiger partial charge in [0.15, 0.2) is 0 Å². The molecule has 0 fully saturated rings. The summed E-state index contributed by atoms with van der Waals surface area (Å²) >= 11 is 0.582. The Bertz CT molecular complexity index is 135. The van der Waals surface area contributed by atoms with Crippen LogP contribution in [0.1, 0.15) is 6.92 Å². The average molecular weight is 184 g/mol. The first kappa shape index (κ1) is 7.45. The molecule has 1 atom stereocenters. The molecule has 1 N–H and O–H groups in total. The third-order valence-corrected chi connectivity index (χ3v) is 4.18. The molecule has 0 aliphatic heterocycles. The number of rotatable bonds is 1. The molecular formula is C2H7GeO3S. The fraction of sp³-hybridized carbons (Fsp3) is 1.00. The molecule has 0 aromatic heterocycles. The van der Waals surface area contributed by atoms with Crippen LogP contribution in [0.3, 0.4) is 0 Å². The molecule has 5 heteroatoms. The van der Waals surface area contributed by atoms with Gasteiger partial charge in [0.1, 0.15) is 0 Å². The third-order valence-electron chi connectivity index (χ3n) is 0.508. The maximum atomic E-state index is 9.92. The first-order valence-electron chi connectivity index (χ1n) is 1.74. The van der Waals surface area contributed by atoms with E-state index in [-0.39, 0.29) is 0 Å². The van der Waals surface area contributed by atoms with Gasteiger partial charge in [-0.1, -0.05) is 0 Å². The summed E-state index contributed by atoms with van der Waals surface area (Å²) < 4.78 is 27.4. The van der Waals surface area contributed by atoms with Crippen molar-refractivity contribution in [3.8, 4) is 0 Å². The summed E-state index contributed by atoms with van der Waals surface area (Å²) in [7, 11) is -3.69. The van der Waals surface area contributed by atoms with Gasteiger partial charge in [-0.15, -0.1) is 0 Å². The molecule has 0 aromatic rings. The van der Waals surface area contributed by atoms with Crippen LogP contribution in [0.4, 0.5) is 0 Å². The van der Waals surface area contributed by atoms with E-state index in [4.69, 9.17) is 4.55 Å². The fourth-order valence-electron chi connectivity index (χ4n) is 0. The van der Waals surface area contributed by atoms with E-state index in [1.807, 2.05) is 0 Å². The van der Waals surface area contributed by atoms with Crippen LogP contribution >= 0.6 is 0 Å². The zero-order chi connectivity index (χ0) is 6.08. The Hall–Kier alpha value is 0.453. The first-order valence-corrected chi connectivity index (χ1v) is 4.95. The normalized spacial score (nSPS) is 16.4. The third kappa shape index (κ3) is 3.07. The zero-order valence-corrected chi connectivity index (χ0v) is 7.74. The molecule has 0 aliphatic rings. The topological polar surface area (TPSA) is 54.4 Å². The second kappa shape index (κ2) is 2.15. The van der Waals surface area contributed by atoms with Gasteiger partial charge in [0.25, 0.3) is 0 Å². The van der Waals surface area contributed by atoms with Gasteiger partial charge in [0.05, 0.1) is 0 Å². The zero-order valence-electron chi connectivity index (χ0n) is 3.96. The molecule has 0 rings (SSSR count). The van der Waals surface area contributed by atoms with Crippen LogP contribution < -0.4 is 0 Å². The summed E-state index contributed by atoms with van der Waals surface area (Å²) in [4.78, 5) is 0. The van der Waals surface area contributed by atoms with E-state index < -0.39 is 14.2 Å². The van der Waals surface area contributed by atoms with E-state index in [1.165, 1.54) is 6.92 Å². The number of hydrogen-bond acceptors (Lipinski definition) is 2. The van der Waals surface area contributed by atoms with Crippen molar-refractivity contribution in [2.45, 2.75) is 11.0 Å². The molecule has 0 saturated carbocycles. The summed E-state index contributed by atoms with van der Waals surface area (Å²) in [6.07, 6.45) is 0. The second-order valence-electron chi connectivity index (χ2n) is 1.33. The Morgan fingerprint density at radius 1 is 1.71 bits per heavy atom. The van der Waals surface area contributed by atoms with Crippen molar-refractivity contribution >= 4 is 26.6 Å². The summed E-state index contributed by atoms with van der Waals surface area (Å²) in [5.41, 5.74) is 0. The average Bonchev–Trinajstić information content (AvgIpc) is 1.31. The molecule has 0 heterocycles. The maximum absolute atomic E-state index is 9.92. The monoisotopic (exact) mass is 185 g/mol. The Labute approximate surface area is 51.1 Å². The van der Waals surface area contributed by atoms with Crippen LogP contribution in [-0.2, 0) is 10.1 Å². The van der Waals surface area contributed by atoms with E-state index in [1.54, 1.807) is 0 Å². The molecule has 1 unspecified atom stereocenters. The van der Waals surface area contributed by atoms with Gasteiger partial charge in [0.2, 0.25) is 0 Å². The van der Waals surface area contributed by atoms with Crippen LogP contribution in [0.15, 0.2) is 0 Å². The van der Waals surface area contributed by atoms with Gasteiger partial charge in [-0.25, -0.2) is 0 Å². The van der Waals surface area contributed by atoms with Gasteiger partial charge >= 0.3 is 50.6 Å². The van der Waals surface area contributed by atoms with Crippen molar-refractivity contribution in [1.29, 1.82) is 0 Å². The summed E-state index contributed by atoms with van der Waals surface area (Å²) in [6.45, 7) is 1.47. The van der Waals surface area contributed by atoms with Crippen LogP contribution in [0.25, 0.3) is 0 Å². The van der Waals surface area contributed by atoms with Crippen LogP contribution in [-0.4, -0.2) is 33.6 Å². The molecule has 0 aliphatic carbocycles. The van der Waals surface area contributed by atoms with E-state index in [0.29, 0.717) is 16.5 Å². The van der Waals surface area contributed by atoms with Crippen LogP contribution in [0, 0.1) is 0 Å². The summed E-state index contributed by atoms with van der Waals surface area (Å²) in [5.74, 6) is 0. The van der Waals surface area contributed by atoms with Gasteiger partial charge in [0, 0.05) is 0 Å². The van der Waals surface area contributed by atoms with Crippen molar-refractivity contribution in [3.63, 3.8) is 0 Å². The van der Waals surface area contributed by atoms with E-state index in [2.05, 4.69) is 0 Å². The second-order valence-corrected chi connectivity index (χ2v) is 6.97. The molecule has 43 valence electrons. The van der Waals surface area contributed by atoms with Crippen molar-refractivity contribution in [3.05, 3.63) is 0 Å². The van der Waals surface area contributed by atoms with Gasteiger partial charge < -0.3 is 0 Å². The number of hydrogen-bond donors (Lipinski definition) is 1. The Morgan fingerprint density at radius 2 is 1.86 bits per heavy atom. The van der Waals surface area contributed by atoms with Crippen LogP contribution in [0.2, 0.25) is 0 Å². The van der Waals surface area contributed by atoms with Gasteiger partial charge in [-0.3, -0.25) is 0 Å². The Balaban J connectivity index is 4.10. The van der Waals surface area contributed by atoms with Gasteiger partial charge in [-0.05, 0) is 0 Å². The summed E-state index contributed by atoms with van der Waals surface area (Å²) in [6, 6.07) is 0. The van der Waals surface area contributed by atoms with E-state index in [0.717, 1.165) is 0 Å². The summed E-state index contributed by atoms with van der Waals surface area (Å²) in [5, 5.41) is 0. The Kier molecular flexibility index (Phi) is 2.29. The molecule has 0 saturated heterocycles.